The van der Waals surface area contributed by atoms with E-state index in [1.54, 1.807) is 0 Å². The van der Waals surface area contributed by atoms with Crippen LogP contribution in [0.3, 0.4) is 0 Å². The zero-order valence-electron chi connectivity index (χ0n) is 11.7. The number of nitrogen functional groups attached to an aromatic ring is 1. The topological polar surface area (TPSA) is 80.8 Å². The number of rotatable bonds is 2. The molecule has 2 N–H and O–H groups in total. The molecule has 104 valence electrons. The minimum absolute atomic E-state index is 0.115. The Bertz CT molecular complexity index is 625. The van der Waals surface area contributed by atoms with Crippen LogP contribution in [0.25, 0.3) is 0 Å². The van der Waals surface area contributed by atoms with E-state index in [-0.39, 0.29) is 11.9 Å². The van der Waals surface area contributed by atoms with Gasteiger partial charge in [0.2, 0.25) is 11.9 Å². The Balaban J connectivity index is 2.06. The molecule has 1 aliphatic rings. The Morgan fingerprint density at radius 3 is 2.90 bits per heavy atom. The normalized spacial score (nSPS) is 17.6. The molecule has 2 aromatic heterocycles. The highest BCUT2D eigenvalue weighted by molar-refractivity contribution is 5.37. The Morgan fingerprint density at radius 2 is 2.10 bits per heavy atom. The number of nitrogens with two attached hydrogens (primary N) is 1. The largest absolute Gasteiger partial charge is 0.368 e. The van der Waals surface area contributed by atoms with Crippen molar-refractivity contribution in [2.45, 2.75) is 25.2 Å². The van der Waals surface area contributed by atoms with Gasteiger partial charge in [-0.05, 0) is 30.9 Å². The van der Waals surface area contributed by atoms with Crippen molar-refractivity contribution < 1.29 is 0 Å². The lowest BCUT2D eigenvalue weighted by molar-refractivity contribution is 0.572. The lowest BCUT2D eigenvalue weighted by atomic mass is 9.86. The van der Waals surface area contributed by atoms with Crippen molar-refractivity contribution in [3.63, 3.8) is 0 Å². The van der Waals surface area contributed by atoms with Crippen LogP contribution in [0, 0.1) is 0 Å². The molecule has 0 saturated heterocycles. The molecule has 6 nitrogen and oxygen atoms in total. The predicted molar refractivity (Wildman–Crippen MR) is 77.6 cm³/mol. The average molecular weight is 270 g/mol. The molecule has 2 heterocycles. The van der Waals surface area contributed by atoms with Gasteiger partial charge in [0.05, 0.1) is 11.6 Å². The molecular weight excluding hydrogens is 252 g/mol. The van der Waals surface area contributed by atoms with Gasteiger partial charge in [-0.2, -0.15) is 15.0 Å². The molecule has 0 radical (unpaired) electrons. The van der Waals surface area contributed by atoms with Gasteiger partial charge in [0.1, 0.15) is 5.82 Å². The minimum atomic E-state index is 0.115. The Labute approximate surface area is 118 Å². The van der Waals surface area contributed by atoms with E-state index in [2.05, 4.69) is 26.0 Å². The van der Waals surface area contributed by atoms with Crippen LogP contribution in [0.2, 0.25) is 0 Å². The summed E-state index contributed by atoms with van der Waals surface area (Å²) in [6, 6.07) is 4.11. The molecule has 0 spiro atoms. The first kappa shape index (κ1) is 12.8. The number of hydrogen-bond donors (Lipinski definition) is 1. The number of aryl methyl sites for hydroxylation is 1. The van der Waals surface area contributed by atoms with Gasteiger partial charge in [0, 0.05) is 20.3 Å². The Morgan fingerprint density at radius 1 is 1.25 bits per heavy atom. The zero-order chi connectivity index (χ0) is 14.1. The minimum Gasteiger partial charge on any atom is -0.368 e. The SMILES string of the molecule is CN(C)c1nc(N)nc(C2CCCc3cccnc32)n1. The first-order valence-corrected chi connectivity index (χ1v) is 6.77. The maximum absolute atomic E-state index is 5.81. The summed E-state index contributed by atoms with van der Waals surface area (Å²) in [6.45, 7) is 0. The molecule has 1 unspecified atom stereocenters. The van der Waals surface area contributed by atoms with Crippen molar-refractivity contribution in [1.82, 2.24) is 19.9 Å². The van der Waals surface area contributed by atoms with Crippen LogP contribution in [0.15, 0.2) is 18.3 Å². The van der Waals surface area contributed by atoms with Crippen LogP contribution in [0.1, 0.15) is 35.8 Å². The molecule has 2 aromatic rings. The molecule has 1 aliphatic carbocycles. The van der Waals surface area contributed by atoms with Gasteiger partial charge >= 0.3 is 0 Å². The second-order valence-electron chi connectivity index (χ2n) is 5.24. The van der Waals surface area contributed by atoms with E-state index in [0.29, 0.717) is 5.95 Å². The van der Waals surface area contributed by atoms with Crippen molar-refractivity contribution in [2.75, 3.05) is 24.7 Å². The lowest BCUT2D eigenvalue weighted by Gasteiger charge is -2.23. The lowest BCUT2D eigenvalue weighted by Crippen LogP contribution is -2.20. The van der Waals surface area contributed by atoms with E-state index < -0.39 is 0 Å². The summed E-state index contributed by atoms with van der Waals surface area (Å²) in [5.74, 6) is 1.70. The van der Waals surface area contributed by atoms with E-state index in [1.165, 1.54) is 5.56 Å². The highest BCUT2D eigenvalue weighted by Gasteiger charge is 2.26. The second-order valence-corrected chi connectivity index (χ2v) is 5.24. The summed E-state index contributed by atoms with van der Waals surface area (Å²) < 4.78 is 0. The molecule has 0 aliphatic heterocycles. The number of nitrogens with zero attached hydrogens (tertiary/aromatic N) is 5. The quantitative estimate of drug-likeness (QED) is 0.888. The van der Waals surface area contributed by atoms with E-state index in [0.717, 1.165) is 30.8 Å². The molecule has 20 heavy (non-hydrogen) atoms. The highest BCUT2D eigenvalue weighted by atomic mass is 15.3. The van der Waals surface area contributed by atoms with Crippen molar-refractivity contribution >= 4 is 11.9 Å². The standard InChI is InChI=1S/C14H18N6/c1-20(2)14-18-12(17-13(15)19-14)10-7-3-5-9-6-4-8-16-11(9)10/h4,6,8,10H,3,5,7H2,1-2H3,(H2,15,17,18,19). The van der Waals surface area contributed by atoms with Gasteiger partial charge in [-0.1, -0.05) is 6.07 Å². The number of hydrogen-bond acceptors (Lipinski definition) is 6. The molecule has 3 rings (SSSR count). The third-order valence-corrected chi connectivity index (χ3v) is 3.56. The molecule has 0 aromatic carbocycles. The second kappa shape index (κ2) is 5.03. The molecule has 0 fully saturated rings. The molecule has 1 atom stereocenters. The number of aromatic nitrogens is 4. The fraction of sp³-hybridized carbons (Fsp3) is 0.429. The van der Waals surface area contributed by atoms with Gasteiger partial charge in [0.15, 0.2) is 0 Å². The molecule has 0 amide bonds. The van der Waals surface area contributed by atoms with E-state index >= 15 is 0 Å². The summed E-state index contributed by atoms with van der Waals surface area (Å²) in [5.41, 5.74) is 8.18. The maximum Gasteiger partial charge on any atom is 0.229 e. The van der Waals surface area contributed by atoms with Gasteiger partial charge < -0.3 is 10.6 Å². The number of pyridine rings is 1. The Hall–Kier alpha value is -2.24. The van der Waals surface area contributed by atoms with Gasteiger partial charge in [-0.15, -0.1) is 0 Å². The highest BCUT2D eigenvalue weighted by Crippen LogP contribution is 2.33. The first-order valence-electron chi connectivity index (χ1n) is 6.77. The van der Waals surface area contributed by atoms with Gasteiger partial charge in [0.25, 0.3) is 0 Å². The summed E-state index contributed by atoms with van der Waals surface area (Å²) in [6.07, 6.45) is 5.02. The van der Waals surface area contributed by atoms with E-state index in [4.69, 9.17) is 5.73 Å². The third-order valence-electron chi connectivity index (χ3n) is 3.56. The van der Waals surface area contributed by atoms with Crippen molar-refractivity contribution in [3.05, 3.63) is 35.4 Å². The molecule has 0 bridgehead atoms. The van der Waals surface area contributed by atoms with Crippen molar-refractivity contribution in [2.24, 2.45) is 0 Å². The van der Waals surface area contributed by atoms with E-state index in [9.17, 15) is 0 Å². The fourth-order valence-electron chi connectivity index (χ4n) is 2.61. The fourth-order valence-corrected chi connectivity index (χ4v) is 2.61. The molecular formula is C14H18N6. The van der Waals surface area contributed by atoms with Crippen LogP contribution in [-0.2, 0) is 6.42 Å². The Kier molecular flexibility index (Phi) is 3.22. The van der Waals surface area contributed by atoms with E-state index in [1.807, 2.05) is 31.3 Å². The number of fused-ring (bicyclic) bond motifs is 1. The first-order chi connectivity index (χ1) is 9.65. The maximum atomic E-state index is 5.81. The summed E-state index contributed by atoms with van der Waals surface area (Å²) in [7, 11) is 3.79. The van der Waals surface area contributed by atoms with Crippen LogP contribution in [0.5, 0.6) is 0 Å². The van der Waals surface area contributed by atoms with Crippen molar-refractivity contribution in [3.8, 4) is 0 Å². The summed E-state index contributed by atoms with van der Waals surface area (Å²) >= 11 is 0. The smallest absolute Gasteiger partial charge is 0.229 e. The monoisotopic (exact) mass is 270 g/mol. The van der Waals surface area contributed by atoms with Crippen molar-refractivity contribution in [1.29, 1.82) is 0 Å². The average Bonchev–Trinajstić information content (AvgIpc) is 2.46. The zero-order valence-corrected chi connectivity index (χ0v) is 11.7. The van der Waals surface area contributed by atoms with Gasteiger partial charge in [-0.25, -0.2) is 0 Å². The summed E-state index contributed by atoms with van der Waals surface area (Å²) in [5, 5.41) is 0. The van der Waals surface area contributed by atoms with Crippen LogP contribution in [-0.4, -0.2) is 34.0 Å². The van der Waals surface area contributed by atoms with Crippen LogP contribution < -0.4 is 10.6 Å². The van der Waals surface area contributed by atoms with Gasteiger partial charge in [-0.3, -0.25) is 4.98 Å². The third kappa shape index (κ3) is 2.29. The molecule has 6 heteroatoms. The van der Waals surface area contributed by atoms with Crippen LogP contribution in [0.4, 0.5) is 11.9 Å². The molecule has 0 saturated carbocycles. The number of anilines is 2. The van der Waals surface area contributed by atoms with Crippen LogP contribution >= 0.6 is 0 Å². The predicted octanol–water partition coefficient (Wildman–Crippen LogP) is 1.38. The summed E-state index contributed by atoms with van der Waals surface area (Å²) in [4.78, 5) is 19.4.